The molecule has 1 rings (SSSR count). The molecular weight excluding hydrogens is 92.1 g/mol. The second-order valence-corrected chi connectivity index (χ2v) is 1.53. The molecule has 1 N–H and O–H groups in total. The highest BCUT2D eigenvalue weighted by molar-refractivity contribution is 5.57. The standard InChI is InChI=1S/C4H8N2O/c7-6-3-1-2-5-4-6/h2,7H,1,3-4H2. The molecule has 0 aromatic rings. The molecule has 0 spiro atoms. The summed E-state index contributed by atoms with van der Waals surface area (Å²) < 4.78 is 0. The van der Waals surface area contributed by atoms with Crippen LogP contribution in [0.25, 0.3) is 0 Å². The van der Waals surface area contributed by atoms with E-state index in [0.29, 0.717) is 6.67 Å². The molecule has 0 atom stereocenters. The fourth-order valence-corrected chi connectivity index (χ4v) is 0.521. The Morgan fingerprint density at radius 3 is 2.86 bits per heavy atom. The van der Waals surface area contributed by atoms with E-state index in [-0.39, 0.29) is 0 Å². The molecule has 7 heavy (non-hydrogen) atoms. The summed E-state index contributed by atoms with van der Waals surface area (Å²) in [5.74, 6) is 0. The Kier molecular flexibility index (Phi) is 1.38. The molecule has 0 aromatic carbocycles. The Morgan fingerprint density at radius 1 is 1.71 bits per heavy atom. The smallest absolute Gasteiger partial charge is 0.114 e. The summed E-state index contributed by atoms with van der Waals surface area (Å²) in [6.07, 6.45) is 2.70. The van der Waals surface area contributed by atoms with Gasteiger partial charge in [0.25, 0.3) is 0 Å². The lowest BCUT2D eigenvalue weighted by molar-refractivity contribution is -0.0884. The minimum absolute atomic E-state index is 0.444. The lowest BCUT2D eigenvalue weighted by Crippen LogP contribution is -2.24. The SMILES string of the molecule is ON1CCC=NC1. The van der Waals surface area contributed by atoms with Crippen molar-refractivity contribution in [1.29, 1.82) is 0 Å². The molecule has 1 heterocycles. The first-order chi connectivity index (χ1) is 3.39. The highest BCUT2D eigenvalue weighted by atomic mass is 16.5. The summed E-state index contributed by atoms with van der Waals surface area (Å²) >= 11 is 0. The van der Waals surface area contributed by atoms with Crippen LogP contribution in [0.3, 0.4) is 0 Å². The van der Waals surface area contributed by atoms with Crippen LogP contribution in [0.5, 0.6) is 0 Å². The third kappa shape index (κ3) is 1.25. The fourth-order valence-electron chi connectivity index (χ4n) is 0.521. The number of nitrogens with zero attached hydrogens (tertiary/aromatic N) is 2. The van der Waals surface area contributed by atoms with E-state index in [1.165, 1.54) is 5.06 Å². The zero-order valence-corrected chi connectivity index (χ0v) is 4.04. The van der Waals surface area contributed by atoms with Crippen LogP contribution in [0.4, 0.5) is 0 Å². The van der Waals surface area contributed by atoms with Gasteiger partial charge in [-0.05, 0) is 6.42 Å². The summed E-state index contributed by atoms with van der Waals surface area (Å²) in [5, 5.41) is 9.82. The van der Waals surface area contributed by atoms with Crippen molar-refractivity contribution in [3.05, 3.63) is 0 Å². The molecule has 3 heteroatoms. The highest BCUT2D eigenvalue weighted by Crippen LogP contribution is 1.90. The first-order valence-corrected chi connectivity index (χ1v) is 2.32. The summed E-state index contributed by atoms with van der Waals surface area (Å²) in [6, 6.07) is 0. The maximum atomic E-state index is 8.63. The van der Waals surface area contributed by atoms with Gasteiger partial charge in [0.1, 0.15) is 6.67 Å². The molecule has 0 radical (unpaired) electrons. The first-order valence-electron chi connectivity index (χ1n) is 2.32. The predicted molar refractivity (Wildman–Crippen MR) is 26.5 cm³/mol. The Labute approximate surface area is 42.2 Å². The molecular formula is C4H8N2O. The summed E-state index contributed by atoms with van der Waals surface area (Å²) in [6.45, 7) is 1.17. The van der Waals surface area contributed by atoms with E-state index in [9.17, 15) is 0 Å². The van der Waals surface area contributed by atoms with Crippen molar-refractivity contribution in [3.8, 4) is 0 Å². The topological polar surface area (TPSA) is 35.8 Å². The number of hydrogen-bond acceptors (Lipinski definition) is 3. The number of hydroxylamine groups is 2. The van der Waals surface area contributed by atoms with E-state index >= 15 is 0 Å². The van der Waals surface area contributed by atoms with Gasteiger partial charge in [-0.1, -0.05) is 0 Å². The largest absolute Gasteiger partial charge is 0.312 e. The highest BCUT2D eigenvalue weighted by Gasteiger charge is 1.98. The minimum Gasteiger partial charge on any atom is -0.312 e. The molecule has 1 aliphatic rings. The Bertz CT molecular complexity index is 81.8. The molecule has 0 saturated carbocycles. The molecule has 0 fully saturated rings. The normalized spacial score (nSPS) is 23.0. The average molecular weight is 100 g/mol. The van der Waals surface area contributed by atoms with Crippen molar-refractivity contribution in [2.75, 3.05) is 13.2 Å². The monoisotopic (exact) mass is 100 g/mol. The first kappa shape index (κ1) is 4.74. The van der Waals surface area contributed by atoms with Gasteiger partial charge in [-0.3, -0.25) is 4.99 Å². The molecule has 1 aliphatic heterocycles. The van der Waals surface area contributed by atoms with Crippen LogP contribution in [0, 0.1) is 0 Å². The molecule has 0 amide bonds. The van der Waals surface area contributed by atoms with Gasteiger partial charge in [-0.15, -0.1) is 0 Å². The number of rotatable bonds is 0. The van der Waals surface area contributed by atoms with Crippen LogP contribution in [0.1, 0.15) is 6.42 Å². The van der Waals surface area contributed by atoms with E-state index in [4.69, 9.17) is 5.21 Å². The lowest BCUT2D eigenvalue weighted by Gasteiger charge is -2.12. The van der Waals surface area contributed by atoms with E-state index in [2.05, 4.69) is 4.99 Å². The molecule has 0 aromatic heterocycles. The van der Waals surface area contributed by atoms with E-state index in [0.717, 1.165) is 13.0 Å². The van der Waals surface area contributed by atoms with Crippen molar-refractivity contribution in [2.24, 2.45) is 4.99 Å². The summed E-state index contributed by atoms with van der Waals surface area (Å²) in [5.41, 5.74) is 0. The summed E-state index contributed by atoms with van der Waals surface area (Å²) in [7, 11) is 0. The van der Waals surface area contributed by atoms with Crippen LogP contribution in [0.15, 0.2) is 4.99 Å². The second-order valence-electron chi connectivity index (χ2n) is 1.53. The van der Waals surface area contributed by atoms with Crippen LogP contribution in [-0.2, 0) is 0 Å². The van der Waals surface area contributed by atoms with Crippen LogP contribution >= 0.6 is 0 Å². The Hall–Kier alpha value is -0.410. The third-order valence-corrected chi connectivity index (χ3v) is 0.890. The molecule has 40 valence electrons. The van der Waals surface area contributed by atoms with Crippen LogP contribution in [-0.4, -0.2) is 29.7 Å². The number of aliphatic imine (C=N–C) groups is 1. The fraction of sp³-hybridized carbons (Fsp3) is 0.750. The maximum Gasteiger partial charge on any atom is 0.114 e. The van der Waals surface area contributed by atoms with Gasteiger partial charge in [-0.25, -0.2) is 0 Å². The molecule has 0 saturated heterocycles. The van der Waals surface area contributed by atoms with Gasteiger partial charge >= 0.3 is 0 Å². The van der Waals surface area contributed by atoms with Gasteiger partial charge in [0.05, 0.1) is 0 Å². The van der Waals surface area contributed by atoms with Gasteiger partial charge in [0.15, 0.2) is 0 Å². The minimum atomic E-state index is 0.444. The van der Waals surface area contributed by atoms with E-state index in [1.54, 1.807) is 0 Å². The molecule has 0 unspecified atom stereocenters. The lowest BCUT2D eigenvalue weighted by atomic mass is 10.4. The second kappa shape index (κ2) is 2.04. The van der Waals surface area contributed by atoms with Crippen LogP contribution < -0.4 is 0 Å². The molecule has 0 aliphatic carbocycles. The van der Waals surface area contributed by atoms with Crippen molar-refractivity contribution in [2.45, 2.75) is 6.42 Å². The van der Waals surface area contributed by atoms with Crippen molar-refractivity contribution in [3.63, 3.8) is 0 Å². The van der Waals surface area contributed by atoms with E-state index in [1.807, 2.05) is 6.21 Å². The Balaban J connectivity index is 2.32. The maximum absolute atomic E-state index is 8.63. The zero-order chi connectivity index (χ0) is 5.11. The number of hydrogen-bond donors (Lipinski definition) is 1. The third-order valence-electron chi connectivity index (χ3n) is 0.890. The zero-order valence-electron chi connectivity index (χ0n) is 4.04. The van der Waals surface area contributed by atoms with Gasteiger partial charge in [0.2, 0.25) is 0 Å². The van der Waals surface area contributed by atoms with Crippen molar-refractivity contribution < 1.29 is 5.21 Å². The van der Waals surface area contributed by atoms with Gasteiger partial charge in [-0.2, -0.15) is 5.06 Å². The molecule has 0 bridgehead atoms. The predicted octanol–water partition coefficient (Wildman–Crippen LogP) is 0.110. The van der Waals surface area contributed by atoms with Gasteiger partial charge in [0, 0.05) is 12.8 Å². The summed E-state index contributed by atoms with van der Waals surface area (Å²) in [4.78, 5) is 3.81. The Morgan fingerprint density at radius 2 is 2.57 bits per heavy atom. The van der Waals surface area contributed by atoms with Gasteiger partial charge < -0.3 is 5.21 Å². The van der Waals surface area contributed by atoms with Crippen molar-refractivity contribution in [1.82, 2.24) is 5.06 Å². The van der Waals surface area contributed by atoms with Crippen molar-refractivity contribution >= 4 is 6.21 Å². The quantitative estimate of drug-likeness (QED) is 0.469. The van der Waals surface area contributed by atoms with Crippen LogP contribution in [0.2, 0.25) is 0 Å². The average Bonchev–Trinajstić information content (AvgIpc) is 1.69. The van der Waals surface area contributed by atoms with E-state index < -0.39 is 0 Å². The molecule has 3 nitrogen and oxygen atoms in total.